The Bertz CT molecular complexity index is 515. The van der Waals surface area contributed by atoms with E-state index < -0.39 is 0 Å². The van der Waals surface area contributed by atoms with Gasteiger partial charge in [-0.2, -0.15) is 5.10 Å². The number of benzene rings is 1. The van der Waals surface area contributed by atoms with Gasteiger partial charge in [-0.15, -0.1) is 0 Å². The van der Waals surface area contributed by atoms with Crippen molar-refractivity contribution in [3.05, 3.63) is 42.2 Å². The van der Waals surface area contributed by atoms with Gasteiger partial charge in [-0.25, -0.2) is 0 Å². The van der Waals surface area contributed by atoms with E-state index in [0.717, 1.165) is 18.8 Å². The van der Waals surface area contributed by atoms with Crippen molar-refractivity contribution in [1.82, 2.24) is 10.2 Å². The van der Waals surface area contributed by atoms with E-state index in [0.29, 0.717) is 11.3 Å². The summed E-state index contributed by atoms with van der Waals surface area (Å²) in [6.07, 6.45) is 3.21. The SMILES string of the molecule is CCN(CC)c1ccc(C(=O)Nc2cn[nH]c2)cc1. The Morgan fingerprint density at radius 1 is 1.26 bits per heavy atom. The normalized spacial score (nSPS) is 10.2. The summed E-state index contributed by atoms with van der Waals surface area (Å²) in [6.45, 7) is 6.14. The fourth-order valence-corrected chi connectivity index (χ4v) is 1.93. The number of hydrogen-bond donors (Lipinski definition) is 2. The molecule has 19 heavy (non-hydrogen) atoms. The van der Waals surface area contributed by atoms with Gasteiger partial charge in [0.15, 0.2) is 0 Å². The van der Waals surface area contributed by atoms with Crippen LogP contribution in [0.3, 0.4) is 0 Å². The molecule has 0 unspecified atom stereocenters. The highest BCUT2D eigenvalue weighted by molar-refractivity contribution is 6.04. The molecule has 0 aliphatic carbocycles. The first-order chi connectivity index (χ1) is 9.24. The van der Waals surface area contributed by atoms with Gasteiger partial charge in [0.2, 0.25) is 0 Å². The third-order valence-corrected chi connectivity index (χ3v) is 3.01. The number of carbonyl (C=O) groups excluding carboxylic acids is 1. The molecule has 1 aromatic carbocycles. The largest absolute Gasteiger partial charge is 0.372 e. The molecule has 2 rings (SSSR count). The van der Waals surface area contributed by atoms with Gasteiger partial charge in [-0.05, 0) is 38.1 Å². The number of aromatic amines is 1. The molecular formula is C14H18N4O. The average molecular weight is 258 g/mol. The topological polar surface area (TPSA) is 61.0 Å². The van der Waals surface area contributed by atoms with Gasteiger partial charge >= 0.3 is 0 Å². The van der Waals surface area contributed by atoms with Gasteiger partial charge in [-0.3, -0.25) is 9.89 Å². The highest BCUT2D eigenvalue weighted by atomic mass is 16.1. The Morgan fingerprint density at radius 3 is 2.47 bits per heavy atom. The van der Waals surface area contributed by atoms with Crippen molar-refractivity contribution in [3.8, 4) is 0 Å². The van der Waals surface area contributed by atoms with Crippen molar-refractivity contribution in [2.45, 2.75) is 13.8 Å². The van der Waals surface area contributed by atoms with Crippen LogP contribution < -0.4 is 10.2 Å². The first-order valence-electron chi connectivity index (χ1n) is 6.39. The Hall–Kier alpha value is -2.30. The molecule has 2 N–H and O–H groups in total. The number of rotatable bonds is 5. The zero-order valence-electron chi connectivity index (χ0n) is 11.2. The van der Waals surface area contributed by atoms with Crippen LogP contribution in [-0.2, 0) is 0 Å². The van der Waals surface area contributed by atoms with Crippen molar-refractivity contribution >= 4 is 17.3 Å². The summed E-state index contributed by atoms with van der Waals surface area (Å²) in [7, 11) is 0. The number of H-pyrrole nitrogens is 1. The first-order valence-corrected chi connectivity index (χ1v) is 6.39. The highest BCUT2D eigenvalue weighted by Gasteiger charge is 2.08. The van der Waals surface area contributed by atoms with E-state index in [1.54, 1.807) is 12.4 Å². The number of hydrogen-bond acceptors (Lipinski definition) is 3. The molecule has 1 amide bonds. The monoisotopic (exact) mass is 258 g/mol. The third kappa shape index (κ3) is 3.13. The predicted octanol–water partition coefficient (Wildman–Crippen LogP) is 2.51. The Balaban J connectivity index is 2.07. The number of nitrogens with zero attached hydrogens (tertiary/aromatic N) is 2. The summed E-state index contributed by atoms with van der Waals surface area (Å²) in [4.78, 5) is 14.2. The lowest BCUT2D eigenvalue weighted by Gasteiger charge is -2.21. The molecule has 2 aromatic rings. The predicted molar refractivity (Wildman–Crippen MR) is 76.5 cm³/mol. The van der Waals surface area contributed by atoms with Crippen molar-refractivity contribution in [2.75, 3.05) is 23.3 Å². The summed E-state index contributed by atoms with van der Waals surface area (Å²) in [5.41, 5.74) is 2.43. The molecule has 5 nitrogen and oxygen atoms in total. The second-order valence-corrected chi connectivity index (χ2v) is 4.16. The zero-order chi connectivity index (χ0) is 13.7. The second kappa shape index (κ2) is 6.04. The van der Waals surface area contributed by atoms with Gasteiger partial charge in [0, 0.05) is 30.5 Å². The standard InChI is InChI=1S/C14H18N4O/c1-3-18(4-2)13-7-5-11(6-8-13)14(19)17-12-9-15-16-10-12/h5-10H,3-4H2,1-2H3,(H,15,16)(H,17,19). The molecule has 1 heterocycles. The molecule has 0 radical (unpaired) electrons. The van der Waals surface area contributed by atoms with Gasteiger partial charge in [0.1, 0.15) is 0 Å². The molecule has 0 saturated carbocycles. The maximum atomic E-state index is 12.0. The molecule has 1 aromatic heterocycles. The second-order valence-electron chi connectivity index (χ2n) is 4.16. The number of amides is 1. The van der Waals surface area contributed by atoms with Crippen LogP contribution >= 0.6 is 0 Å². The number of aromatic nitrogens is 2. The van der Waals surface area contributed by atoms with Crippen molar-refractivity contribution in [3.63, 3.8) is 0 Å². The van der Waals surface area contributed by atoms with Gasteiger partial charge in [-0.1, -0.05) is 0 Å². The highest BCUT2D eigenvalue weighted by Crippen LogP contribution is 2.15. The number of carbonyl (C=O) groups is 1. The quantitative estimate of drug-likeness (QED) is 0.866. The minimum absolute atomic E-state index is 0.132. The zero-order valence-corrected chi connectivity index (χ0v) is 11.2. The molecule has 0 atom stereocenters. The van der Waals surface area contributed by atoms with Crippen LogP contribution in [-0.4, -0.2) is 29.2 Å². The van der Waals surface area contributed by atoms with E-state index in [9.17, 15) is 4.79 Å². The van der Waals surface area contributed by atoms with Crippen LogP contribution in [0.5, 0.6) is 0 Å². The van der Waals surface area contributed by atoms with E-state index in [2.05, 4.69) is 34.3 Å². The van der Waals surface area contributed by atoms with E-state index in [1.807, 2.05) is 24.3 Å². The van der Waals surface area contributed by atoms with E-state index in [-0.39, 0.29) is 5.91 Å². The molecule has 0 aliphatic rings. The molecule has 0 fully saturated rings. The number of nitrogens with one attached hydrogen (secondary N) is 2. The lowest BCUT2D eigenvalue weighted by Crippen LogP contribution is -2.21. The first kappa shape index (κ1) is 13.1. The molecule has 0 saturated heterocycles. The summed E-state index contributed by atoms with van der Waals surface area (Å²) in [5, 5.41) is 9.20. The average Bonchev–Trinajstić information content (AvgIpc) is 2.94. The minimum Gasteiger partial charge on any atom is -0.372 e. The molecular weight excluding hydrogens is 240 g/mol. The van der Waals surface area contributed by atoms with E-state index >= 15 is 0 Å². The van der Waals surface area contributed by atoms with E-state index in [1.165, 1.54) is 0 Å². The maximum Gasteiger partial charge on any atom is 0.255 e. The van der Waals surface area contributed by atoms with Crippen molar-refractivity contribution < 1.29 is 4.79 Å². The Kier molecular flexibility index (Phi) is 4.18. The fraction of sp³-hybridized carbons (Fsp3) is 0.286. The molecule has 5 heteroatoms. The van der Waals surface area contributed by atoms with Crippen LogP contribution in [0.4, 0.5) is 11.4 Å². The lowest BCUT2D eigenvalue weighted by atomic mass is 10.2. The molecule has 0 aliphatic heterocycles. The van der Waals surface area contributed by atoms with Crippen LogP contribution in [0.2, 0.25) is 0 Å². The van der Waals surface area contributed by atoms with Crippen LogP contribution in [0.1, 0.15) is 24.2 Å². The maximum absolute atomic E-state index is 12.0. The minimum atomic E-state index is -0.132. The summed E-state index contributed by atoms with van der Waals surface area (Å²) in [6, 6.07) is 7.61. The van der Waals surface area contributed by atoms with E-state index in [4.69, 9.17) is 0 Å². The summed E-state index contributed by atoms with van der Waals surface area (Å²) < 4.78 is 0. The third-order valence-electron chi connectivity index (χ3n) is 3.01. The van der Waals surface area contributed by atoms with Crippen molar-refractivity contribution in [1.29, 1.82) is 0 Å². The van der Waals surface area contributed by atoms with Crippen LogP contribution in [0.25, 0.3) is 0 Å². The Morgan fingerprint density at radius 2 is 1.95 bits per heavy atom. The molecule has 100 valence electrons. The molecule has 0 spiro atoms. The fourth-order valence-electron chi connectivity index (χ4n) is 1.93. The van der Waals surface area contributed by atoms with Gasteiger partial charge in [0.05, 0.1) is 11.9 Å². The summed E-state index contributed by atoms with van der Waals surface area (Å²) >= 11 is 0. The summed E-state index contributed by atoms with van der Waals surface area (Å²) in [5.74, 6) is -0.132. The lowest BCUT2D eigenvalue weighted by molar-refractivity contribution is 0.102. The number of anilines is 2. The van der Waals surface area contributed by atoms with Crippen LogP contribution in [0, 0.1) is 0 Å². The smallest absolute Gasteiger partial charge is 0.255 e. The Labute approximate surface area is 112 Å². The van der Waals surface area contributed by atoms with Crippen LogP contribution in [0.15, 0.2) is 36.7 Å². The van der Waals surface area contributed by atoms with Crippen molar-refractivity contribution in [2.24, 2.45) is 0 Å². The van der Waals surface area contributed by atoms with Gasteiger partial charge in [0.25, 0.3) is 5.91 Å². The molecule has 0 bridgehead atoms. The van der Waals surface area contributed by atoms with Gasteiger partial charge < -0.3 is 10.2 Å².